The minimum Gasteiger partial charge on any atom is -0.481 e. The molecule has 1 aromatic rings. The molecule has 0 radical (unpaired) electrons. The van der Waals surface area contributed by atoms with Gasteiger partial charge in [0, 0.05) is 6.54 Å². The number of hydrogen-bond acceptors (Lipinski definition) is 3. The maximum Gasteiger partial charge on any atom is 0.309 e. The van der Waals surface area contributed by atoms with Crippen molar-refractivity contribution in [2.75, 3.05) is 0 Å². The highest BCUT2D eigenvalue weighted by atomic mass is 16.4. The molecule has 102 valence electrons. The van der Waals surface area contributed by atoms with Gasteiger partial charge in [0.1, 0.15) is 0 Å². The predicted octanol–water partition coefficient (Wildman–Crippen LogP) is 2.44. The second-order valence-corrected chi connectivity index (χ2v) is 4.59. The molecule has 1 heterocycles. The van der Waals surface area contributed by atoms with Crippen LogP contribution in [0, 0.1) is 0 Å². The molecule has 0 aliphatic rings. The number of carboxylic acid groups (broad SMARTS) is 1. The molecule has 0 aromatic carbocycles. The van der Waals surface area contributed by atoms with E-state index in [2.05, 4.69) is 24.2 Å². The summed E-state index contributed by atoms with van der Waals surface area (Å²) >= 11 is 0. The van der Waals surface area contributed by atoms with Gasteiger partial charge in [0.15, 0.2) is 0 Å². The van der Waals surface area contributed by atoms with E-state index in [1.54, 1.807) is 0 Å². The topological polar surface area (TPSA) is 68.0 Å². The number of carbonyl (C=O) groups is 1. The minimum absolute atomic E-state index is 0.0235. The Morgan fingerprint density at radius 3 is 2.61 bits per heavy atom. The number of carboxylic acids is 1. The molecule has 0 bridgehead atoms. The average molecular weight is 253 g/mol. The monoisotopic (exact) mass is 253 g/mol. The van der Waals surface area contributed by atoms with Crippen molar-refractivity contribution < 1.29 is 9.90 Å². The first-order chi connectivity index (χ1) is 8.69. The van der Waals surface area contributed by atoms with Gasteiger partial charge in [-0.3, -0.25) is 4.79 Å². The third kappa shape index (κ3) is 4.47. The number of aliphatic carboxylic acids is 1. The second-order valence-electron chi connectivity index (χ2n) is 4.59. The molecule has 1 rings (SSSR count). The molecule has 1 aromatic heterocycles. The third-order valence-electron chi connectivity index (χ3n) is 2.95. The predicted molar refractivity (Wildman–Crippen MR) is 69.5 cm³/mol. The van der Waals surface area contributed by atoms with Crippen molar-refractivity contribution in [3.8, 4) is 0 Å². The standard InChI is InChI=1S/C13H23N3O2/c1-3-5-6-7-9-16-12(8-4-2)11(14-15-16)10-13(17)18/h3-10H2,1-2H3,(H,17,18). The lowest BCUT2D eigenvalue weighted by Gasteiger charge is -2.06. The largest absolute Gasteiger partial charge is 0.481 e. The zero-order valence-electron chi connectivity index (χ0n) is 11.4. The van der Waals surface area contributed by atoms with Crippen molar-refractivity contribution in [1.29, 1.82) is 0 Å². The Bertz CT molecular complexity index is 374. The van der Waals surface area contributed by atoms with Crippen LogP contribution in [0.2, 0.25) is 0 Å². The van der Waals surface area contributed by atoms with E-state index >= 15 is 0 Å². The maximum absolute atomic E-state index is 10.8. The smallest absolute Gasteiger partial charge is 0.309 e. The van der Waals surface area contributed by atoms with E-state index in [1.165, 1.54) is 19.3 Å². The van der Waals surface area contributed by atoms with Crippen molar-refractivity contribution in [1.82, 2.24) is 15.0 Å². The minimum atomic E-state index is -0.842. The van der Waals surface area contributed by atoms with Gasteiger partial charge in [-0.05, 0) is 12.8 Å². The van der Waals surface area contributed by atoms with Crippen LogP contribution in [0.4, 0.5) is 0 Å². The van der Waals surface area contributed by atoms with Crippen molar-refractivity contribution >= 4 is 5.97 Å². The Hall–Kier alpha value is -1.39. The number of nitrogens with zero attached hydrogens (tertiary/aromatic N) is 3. The van der Waals surface area contributed by atoms with Crippen LogP contribution in [0.3, 0.4) is 0 Å². The van der Waals surface area contributed by atoms with Crippen molar-refractivity contribution in [2.24, 2.45) is 0 Å². The molecule has 18 heavy (non-hydrogen) atoms. The first kappa shape index (κ1) is 14.7. The Labute approximate surface area is 108 Å². The van der Waals surface area contributed by atoms with Gasteiger partial charge in [0.2, 0.25) is 0 Å². The van der Waals surface area contributed by atoms with Crippen LogP contribution < -0.4 is 0 Å². The number of unbranched alkanes of at least 4 members (excludes halogenated alkanes) is 3. The maximum atomic E-state index is 10.8. The Kier molecular flexibility index (Phi) is 6.39. The molecule has 0 atom stereocenters. The summed E-state index contributed by atoms with van der Waals surface area (Å²) < 4.78 is 1.89. The van der Waals surface area contributed by atoms with Gasteiger partial charge in [-0.25, -0.2) is 4.68 Å². The van der Waals surface area contributed by atoms with Crippen LogP contribution in [0.15, 0.2) is 0 Å². The molecule has 0 aliphatic heterocycles. The van der Waals surface area contributed by atoms with Gasteiger partial charge in [-0.2, -0.15) is 0 Å². The fraction of sp³-hybridized carbons (Fsp3) is 0.769. The highest BCUT2D eigenvalue weighted by molar-refractivity contribution is 5.69. The summed E-state index contributed by atoms with van der Waals surface area (Å²) in [5.74, 6) is -0.842. The zero-order chi connectivity index (χ0) is 13.4. The number of aryl methyl sites for hydroxylation is 1. The van der Waals surface area contributed by atoms with Crippen LogP contribution >= 0.6 is 0 Å². The normalized spacial score (nSPS) is 10.8. The Morgan fingerprint density at radius 2 is 2.00 bits per heavy atom. The molecule has 0 unspecified atom stereocenters. The molecule has 5 nitrogen and oxygen atoms in total. The molecule has 0 amide bonds. The molecule has 0 fully saturated rings. The summed E-state index contributed by atoms with van der Waals surface area (Å²) in [6.45, 7) is 5.11. The quantitative estimate of drug-likeness (QED) is 0.686. The van der Waals surface area contributed by atoms with Crippen LogP contribution in [-0.4, -0.2) is 26.1 Å². The lowest BCUT2D eigenvalue weighted by molar-refractivity contribution is -0.136. The lowest BCUT2D eigenvalue weighted by Crippen LogP contribution is -2.08. The summed E-state index contributed by atoms with van der Waals surface area (Å²) in [7, 11) is 0. The van der Waals surface area contributed by atoms with E-state index in [4.69, 9.17) is 5.11 Å². The highest BCUT2D eigenvalue weighted by Crippen LogP contribution is 2.11. The van der Waals surface area contributed by atoms with E-state index in [9.17, 15) is 4.79 Å². The highest BCUT2D eigenvalue weighted by Gasteiger charge is 2.14. The fourth-order valence-corrected chi connectivity index (χ4v) is 2.03. The van der Waals surface area contributed by atoms with Crippen LogP contribution in [-0.2, 0) is 24.2 Å². The van der Waals surface area contributed by atoms with Crippen molar-refractivity contribution in [2.45, 2.75) is 65.3 Å². The fourth-order valence-electron chi connectivity index (χ4n) is 2.03. The summed E-state index contributed by atoms with van der Waals surface area (Å²) in [4.78, 5) is 10.8. The van der Waals surface area contributed by atoms with Crippen molar-refractivity contribution in [3.05, 3.63) is 11.4 Å². The summed E-state index contributed by atoms with van der Waals surface area (Å²) in [5, 5.41) is 16.9. The van der Waals surface area contributed by atoms with Crippen molar-refractivity contribution in [3.63, 3.8) is 0 Å². The van der Waals surface area contributed by atoms with E-state index < -0.39 is 5.97 Å². The number of rotatable bonds is 9. The molecule has 5 heteroatoms. The van der Waals surface area contributed by atoms with Gasteiger partial charge >= 0.3 is 5.97 Å². The van der Waals surface area contributed by atoms with Gasteiger partial charge in [-0.1, -0.05) is 44.7 Å². The average Bonchev–Trinajstić information content (AvgIpc) is 2.68. The molecule has 0 saturated heterocycles. The number of hydrogen-bond donors (Lipinski definition) is 1. The van der Waals surface area contributed by atoms with Crippen LogP contribution in [0.5, 0.6) is 0 Å². The van der Waals surface area contributed by atoms with E-state index in [-0.39, 0.29) is 6.42 Å². The molecular formula is C13H23N3O2. The summed E-state index contributed by atoms with van der Waals surface area (Å²) in [6.07, 6.45) is 6.53. The van der Waals surface area contributed by atoms with E-state index in [1.807, 2.05) is 4.68 Å². The Morgan fingerprint density at radius 1 is 1.22 bits per heavy atom. The SMILES string of the molecule is CCCCCCn1nnc(CC(=O)O)c1CCC. The second kappa shape index (κ2) is 7.84. The molecule has 1 N–H and O–H groups in total. The third-order valence-corrected chi connectivity index (χ3v) is 2.95. The summed E-state index contributed by atoms with van der Waals surface area (Å²) in [6, 6.07) is 0. The zero-order valence-corrected chi connectivity index (χ0v) is 11.4. The molecule has 0 aliphatic carbocycles. The van der Waals surface area contributed by atoms with Gasteiger partial charge in [-0.15, -0.1) is 5.10 Å². The molecular weight excluding hydrogens is 230 g/mol. The van der Waals surface area contributed by atoms with Gasteiger partial charge in [0.25, 0.3) is 0 Å². The first-order valence-electron chi connectivity index (χ1n) is 6.82. The molecule has 0 saturated carbocycles. The van der Waals surface area contributed by atoms with Gasteiger partial charge in [0.05, 0.1) is 17.8 Å². The van der Waals surface area contributed by atoms with Gasteiger partial charge < -0.3 is 5.11 Å². The molecule has 0 spiro atoms. The summed E-state index contributed by atoms with van der Waals surface area (Å²) in [5.41, 5.74) is 1.62. The van der Waals surface area contributed by atoms with Crippen LogP contribution in [0.25, 0.3) is 0 Å². The Balaban J connectivity index is 2.65. The van der Waals surface area contributed by atoms with E-state index in [0.29, 0.717) is 5.69 Å². The van der Waals surface area contributed by atoms with Crippen LogP contribution in [0.1, 0.15) is 57.3 Å². The number of aromatic nitrogens is 3. The van der Waals surface area contributed by atoms with E-state index in [0.717, 1.165) is 31.5 Å². The lowest BCUT2D eigenvalue weighted by atomic mass is 10.1. The first-order valence-corrected chi connectivity index (χ1v) is 6.82.